The average Bonchev–Trinajstić information content (AvgIpc) is 2.57. The molecule has 0 atom stereocenters. The van der Waals surface area contributed by atoms with E-state index in [0.29, 0.717) is 0 Å². The van der Waals surface area contributed by atoms with Gasteiger partial charge in [-0.15, -0.1) is 0 Å². The van der Waals surface area contributed by atoms with Gasteiger partial charge in [-0.1, -0.05) is 17.4 Å². The molecule has 3 nitrogen and oxygen atoms in total. The molecule has 1 N–H and O–H groups in total. The normalized spacial score (nSPS) is 10.4. The van der Waals surface area contributed by atoms with Crippen LogP contribution in [0.2, 0.25) is 0 Å². The number of hydrogen-bond acceptors (Lipinski definition) is 4. The number of rotatable bonds is 3. The van der Waals surface area contributed by atoms with E-state index in [1.165, 1.54) is 22.5 Å². The molecule has 0 radical (unpaired) electrons. The van der Waals surface area contributed by atoms with Crippen LogP contribution in [-0.4, -0.2) is 10.8 Å². The molecule has 0 unspecified atom stereocenters. The number of carbonyl (C=O) groups is 1. The van der Waals surface area contributed by atoms with Crippen molar-refractivity contribution in [3.63, 3.8) is 0 Å². The minimum Gasteiger partial charge on any atom is -0.332 e. The number of benzene rings is 1. The number of anilines is 2. The zero-order chi connectivity index (χ0) is 13.3. The maximum Gasteiger partial charge on any atom is 0.188 e. The minimum absolute atomic E-state index is 0.0680. The monoisotopic (exact) mass is 260 g/mol. The summed E-state index contributed by atoms with van der Waals surface area (Å²) in [6, 6.07) is 6.26. The molecule has 1 heterocycles. The van der Waals surface area contributed by atoms with Gasteiger partial charge >= 0.3 is 0 Å². The predicted octanol–water partition coefficient (Wildman–Crippen LogP) is 4.01. The van der Waals surface area contributed by atoms with Gasteiger partial charge in [0.15, 0.2) is 10.9 Å². The fraction of sp³-hybridized carbons (Fsp3) is 0.286. The maximum atomic E-state index is 11.4. The summed E-state index contributed by atoms with van der Waals surface area (Å²) in [5, 5.41) is 4.02. The molecule has 0 saturated heterocycles. The third-order valence-corrected chi connectivity index (χ3v) is 3.76. The number of nitrogens with one attached hydrogen (secondary N) is 1. The molecule has 0 spiro atoms. The van der Waals surface area contributed by atoms with Gasteiger partial charge in [0.25, 0.3) is 0 Å². The maximum absolute atomic E-state index is 11.4. The summed E-state index contributed by atoms with van der Waals surface area (Å²) >= 11 is 1.40. The van der Waals surface area contributed by atoms with Crippen LogP contribution in [-0.2, 0) is 0 Å². The Morgan fingerprint density at radius 1 is 1.17 bits per heavy atom. The van der Waals surface area contributed by atoms with Gasteiger partial charge < -0.3 is 5.32 Å². The van der Waals surface area contributed by atoms with E-state index in [4.69, 9.17) is 0 Å². The first kappa shape index (κ1) is 12.8. The molecule has 0 bridgehead atoms. The summed E-state index contributed by atoms with van der Waals surface area (Å²) in [6.07, 6.45) is 0. The van der Waals surface area contributed by atoms with Crippen molar-refractivity contribution in [2.75, 3.05) is 5.32 Å². The second kappa shape index (κ2) is 4.90. The van der Waals surface area contributed by atoms with Crippen LogP contribution < -0.4 is 5.32 Å². The zero-order valence-electron chi connectivity index (χ0n) is 11.0. The van der Waals surface area contributed by atoms with Crippen molar-refractivity contribution in [3.05, 3.63) is 39.9 Å². The van der Waals surface area contributed by atoms with Crippen LogP contribution in [0.25, 0.3) is 0 Å². The molecule has 2 aromatic rings. The van der Waals surface area contributed by atoms with Crippen molar-refractivity contribution in [3.8, 4) is 0 Å². The Balaban J connectivity index is 2.28. The summed E-state index contributed by atoms with van der Waals surface area (Å²) < 4.78 is 0. The van der Waals surface area contributed by atoms with Crippen LogP contribution in [0.3, 0.4) is 0 Å². The molecule has 1 aromatic heterocycles. The van der Waals surface area contributed by atoms with Crippen LogP contribution in [0, 0.1) is 20.8 Å². The lowest BCUT2D eigenvalue weighted by atomic mass is 10.1. The average molecular weight is 260 g/mol. The van der Waals surface area contributed by atoms with Crippen LogP contribution in [0.4, 0.5) is 10.8 Å². The third-order valence-electron chi connectivity index (χ3n) is 2.59. The Kier molecular flexibility index (Phi) is 3.48. The molecule has 2 rings (SSSR count). The molecule has 0 saturated carbocycles. The second-order valence-electron chi connectivity index (χ2n) is 4.49. The highest BCUT2D eigenvalue weighted by Gasteiger charge is 2.11. The Hall–Kier alpha value is -1.68. The van der Waals surface area contributed by atoms with Crippen molar-refractivity contribution in [2.45, 2.75) is 27.7 Å². The third kappa shape index (κ3) is 2.76. The lowest BCUT2D eigenvalue weighted by Gasteiger charge is -2.05. The van der Waals surface area contributed by atoms with Crippen molar-refractivity contribution in [2.24, 2.45) is 0 Å². The molecule has 1 aromatic carbocycles. The fourth-order valence-corrected chi connectivity index (χ4v) is 2.83. The van der Waals surface area contributed by atoms with E-state index in [2.05, 4.69) is 42.3 Å². The van der Waals surface area contributed by atoms with Gasteiger partial charge in [0.1, 0.15) is 0 Å². The van der Waals surface area contributed by atoms with Crippen molar-refractivity contribution >= 4 is 27.9 Å². The molecular weight excluding hydrogens is 244 g/mol. The second-order valence-corrected chi connectivity index (χ2v) is 5.49. The number of thiazole rings is 1. The number of hydrogen-bond donors (Lipinski definition) is 1. The first-order valence-corrected chi connectivity index (χ1v) is 6.61. The number of ketones is 1. The number of nitrogens with zero attached hydrogens (tertiary/aromatic N) is 1. The molecule has 0 aliphatic carbocycles. The number of carbonyl (C=O) groups excluding carboxylic acids is 1. The van der Waals surface area contributed by atoms with Gasteiger partial charge in [-0.3, -0.25) is 4.79 Å². The Morgan fingerprint density at radius 3 is 2.28 bits per heavy atom. The van der Waals surface area contributed by atoms with E-state index in [9.17, 15) is 4.79 Å². The molecule has 4 heteroatoms. The van der Waals surface area contributed by atoms with Crippen LogP contribution >= 0.6 is 11.3 Å². The number of aryl methyl sites for hydroxylation is 3. The summed E-state index contributed by atoms with van der Waals surface area (Å²) in [7, 11) is 0. The highest BCUT2D eigenvalue weighted by atomic mass is 32.1. The summed E-state index contributed by atoms with van der Waals surface area (Å²) in [5.74, 6) is 0.0680. The van der Waals surface area contributed by atoms with Crippen molar-refractivity contribution in [1.82, 2.24) is 4.98 Å². The predicted molar refractivity (Wildman–Crippen MR) is 76.1 cm³/mol. The number of Topliss-reactive ketones (excluding diaryl/α,β-unsaturated/α-hetero) is 1. The summed E-state index contributed by atoms with van der Waals surface area (Å²) in [6.45, 7) is 7.56. The Morgan fingerprint density at radius 2 is 1.78 bits per heavy atom. The van der Waals surface area contributed by atoms with Gasteiger partial charge in [-0.25, -0.2) is 4.98 Å². The lowest BCUT2D eigenvalue weighted by molar-refractivity contribution is 0.102. The van der Waals surface area contributed by atoms with Gasteiger partial charge in [-0.2, -0.15) is 0 Å². The fourth-order valence-electron chi connectivity index (χ4n) is 1.95. The minimum atomic E-state index is 0.0680. The van der Waals surface area contributed by atoms with Gasteiger partial charge in [0.2, 0.25) is 0 Å². The van der Waals surface area contributed by atoms with Crippen LogP contribution in [0.15, 0.2) is 18.2 Å². The van der Waals surface area contributed by atoms with E-state index in [1.54, 1.807) is 6.92 Å². The van der Waals surface area contributed by atoms with Crippen molar-refractivity contribution < 1.29 is 4.79 Å². The SMILES string of the molecule is CC(=O)c1sc(Nc2cc(C)cc(C)c2)nc1C. The molecular formula is C14H16N2OS. The zero-order valence-corrected chi connectivity index (χ0v) is 11.8. The largest absolute Gasteiger partial charge is 0.332 e. The first-order chi connectivity index (χ1) is 8.45. The molecule has 0 amide bonds. The molecule has 18 heavy (non-hydrogen) atoms. The van der Waals surface area contributed by atoms with Gasteiger partial charge in [0.05, 0.1) is 10.6 Å². The van der Waals surface area contributed by atoms with E-state index in [-0.39, 0.29) is 5.78 Å². The van der Waals surface area contributed by atoms with Crippen molar-refractivity contribution in [1.29, 1.82) is 0 Å². The lowest BCUT2D eigenvalue weighted by Crippen LogP contribution is -1.91. The van der Waals surface area contributed by atoms with E-state index >= 15 is 0 Å². The van der Waals surface area contributed by atoms with Gasteiger partial charge in [-0.05, 0) is 44.0 Å². The van der Waals surface area contributed by atoms with Crippen LogP contribution in [0.1, 0.15) is 33.4 Å². The topological polar surface area (TPSA) is 42.0 Å². The highest BCUT2D eigenvalue weighted by Crippen LogP contribution is 2.26. The van der Waals surface area contributed by atoms with E-state index < -0.39 is 0 Å². The highest BCUT2D eigenvalue weighted by molar-refractivity contribution is 7.17. The van der Waals surface area contributed by atoms with Gasteiger partial charge in [0, 0.05) is 12.6 Å². The smallest absolute Gasteiger partial charge is 0.188 e. The number of aromatic nitrogens is 1. The Labute approximate surface area is 111 Å². The first-order valence-electron chi connectivity index (χ1n) is 5.79. The summed E-state index contributed by atoms with van der Waals surface area (Å²) in [5.41, 5.74) is 4.21. The van der Waals surface area contributed by atoms with E-state index in [1.807, 2.05) is 6.92 Å². The molecule has 0 aliphatic rings. The van der Waals surface area contributed by atoms with Crippen LogP contribution in [0.5, 0.6) is 0 Å². The quantitative estimate of drug-likeness (QED) is 0.848. The molecule has 94 valence electrons. The standard InChI is InChI=1S/C14H16N2OS/c1-8-5-9(2)7-12(6-8)16-14-15-10(3)13(18-14)11(4)17/h5-7H,1-4H3,(H,15,16). The molecule has 0 aliphatic heterocycles. The van der Waals surface area contributed by atoms with E-state index in [0.717, 1.165) is 21.4 Å². The Bertz CT molecular complexity index is 582. The summed E-state index contributed by atoms with van der Waals surface area (Å²) in [4.78, 5) is 16.5. The molecule has 0 fully saturated rings.